The maximum absolute atomic E-state index is 12.1. The van der Waals surface area contributed by atoms with Crippen molar-refractivity contribution >= 4 is 22.5 Å². The Labute approximate surface area is 116 Å². The Hall–Kier alpha value is -2.62. The molecule has 2 aromatic carbocycles. The molecule has 3 aromatic rings. The molecule has 0 unspecified atom stereocenters. The van der Waals surface area contributed by atoms with Gasteiger partial charge >= 0.3 is 0 Å². The maximum atomic E-state index is 12.1. The van der Waals surface area contributed by atoms with Gasteiger partial charge in [0.15, 0.2) is 0 Å². The lowest BCUT2D eigenvalue weighted by Gasteiger charge is -2.07. The minimum Gasteiger partial charge on any atom is -0.311 e. The summed E-state index contributed by atoms with van der Waals surface area (Å²) in [5, 5.41) is 11.8. The van der Waals surface area contributed by atoms with Crippen LogP contribution in [0.3, 0.4) is 0 Å². The van der Waals surface area contributed by atoms with Gasteiger partial charge in [0.25, 0.3) is 0 Å². The number of amides is 1. The van der Waals surface area contributed by atoms with Gasteiger partial charge in [-0.2, -0.15) is 5.10 Å². The van der Waals surface area contributed by atoms with E-state index in [4.69, 9.17) is 0 Å². The lowest BCUT2D eigenvalue weighted by atomic mass is 10.0. The molecule has 1 aromatic heterocycles. The zero-order valence-electron chi connectivity index (χ0n) is 11.2. The van der Waals surface area contributed by atoms with E-state index in [1.165, 1.54) is 0 Å². The molecule has 0 aliphatic heterocycles. The average molecular weight is 265 g/mol. The molecule has 0 fully saturated rings. The normalized spacial score (nSPS) is 10.7. The highest BCUT2D eigenvalue weighted by atomic mass is 16.1. The third-order valence-corrected chi connectivity index (χ3v) is 3.32. The van der Waals surface area contributed by atoms with Crippen LogP contribution in [0, 0.1) is 6.92 Å². The van der Waals surface area contributed by atoms with Crippen molar-refractivity contribution in [3.63, 3.8) is 0 Å². The van der Waals surface area contributed by atoms with E-state index < -0.39 is 0 Å². The monoisotopic (exact) mass is 265 g/mol. The molecule has 0 bridgehead atoms. The number of anilines is 1. The van der Waals surface area contributed by atoms with E-state index in [1.807, 2.05) is 37.3 Å². The molecule has 20 heavy (non-hydrogen) atoms. The molecular formula is C16H15N3O. The van der Waals surface area contributed by atoms with Gasteiger partial charge in [0, 0.05) is 5.56 Å². The summed E-state index contributed by atoms with van der Waals surface area (Å²) in [5.74, 6) is 0.615. The molecule has 2 N–H and O–H groups in total. The fraction of sp³-hybridized carbons (Fsp3) is 0.125. The van der Waals surface area contributed by atoms with E-state index in [0.717, 1.165) is 21.9 Å². The summed E-state index contributed by atoms with van der Waals surface area (Å²) in [6, 6.07) is 14.1. The molecular weight excluding hydrogens is 250 g/mol. The Kier molecular flexibility index (Phi) is 3.21. The third kappa shape index (κ3) is 2.40. The summed E-state index contributed by atoms with van der Waals surface area (Å²) in [5.41, 5.74) is 1.95. The van der Waals surface area contributed by atoms with E-state index in [1.54, 1.807) is 6.20 Å². The first-order chi connectivity index (χ1) is 9.74. The molecule has 100 valence electrons. The predicted molar refractivity (Wildman–Crippen MR) is 79.6 cm³/mol. The summed E-state index contributed by atoms with van der Waals surface area (Å²) in [6.45, 7) is 1.90. The molecule has 1 amide bonds. The number of rotatable bonds is 3. The van der Waals surface area contributed by atoms with Gasteiger partial charge in [-0.3, -0.25) is 9.89 Å². The summed E-state index contributed by atoms with van der Waals surface area (Å²) in [6.07, 6.45) is 2.04. The van der Waals surface area contributed by atoms with E-state index in [0.29, 0.717) is 12.2 Å². The molecule has 0 saturated carbocycles. The predicted octanol–water partition coefficient (Wildman–Crippen LogP) is 3.05. The van der Waals surface area contributed by atoms with Gasteiger partial charge in [-0.15, -0.1) is 0 Å². The van der Waals surface area contributed by atoms with Crippen LogP contribution in [0.5, 0.6) is 0 Å². The fourth-order valence-electron chi connectivity index (χ4n) is 2.28. The van der Waals surface area contributed by atoms with E-state index in [-0.39, 0.29) is 5.91 Å². The molecule has 0 aliphatic carbocycles. The Bertz CT molecular complexity index is 756. The van der Waals surface area contributed by atoms with Crippen LogP contribution in [-0.2, 0) is 11.2 Å². The third-order valence-electron chi connectivity index (χ3n) is 3.32. The summed E-state index contributed by atoms with van der Waals surface area (Å²) in [4.78, 5) is 12.1. The summed E-state index contributed by atoms with van der Waals surface area (Å²) < 4.78 is 0. The van der Waals surface area contributed by atoms with Gasteiger partial charge < -0.3 is 5.32 Å². The smallest absolute Gasteiger partial charge is 0.229 e. The fourth-order valence-corrected chi connectivity index (χ4v) is 2.28. The number of aromatic amines is 1. The second kappa shape index (κ2) is 5.17. The number of aryl methyl sites for hydroxylation is 1. The standard InChI is InChI=1S/C16H15N3O/c1-11-10-17-19-16(11)18-15(20)9-13-7-4-6-12-5-2-3-8-14(12)13/h2-8,10H,9H2,1H3,(H2,17,18,19,20). The van der Waals surface area contributed by atoms with Crippen LogP contribution >= 0.6 is 0 Å². The SMILES string of the molecule is Cc1cn[nH]c1NC(=O)Cc1cccc2ccccc12. The Morgan fingerprint density at radius 1 is 1.20 bits per heavy atom. The minimum atomic E-state index is -0.0475. The van der Waals surface area contributed by atoms with Crippen molar-refractivity contribution in [3.8, 4) is 0 Å². The molecule has 4 heteroatoms. The molecule has 0 spiro atoms. The molecule has 4 nitrogen and oxygen atoms in total. The topological polar surface area (TPSA) is 57.8 Å². The van der Waals surface area contributed by atoms with Crippen molar-refractivity contribution in [2.75, 3.05) is 5.32 Å². The number of nitrogens with one attached hydrogen (secondary N) is 2. The number of hydrogen-bond acceptors (Lipinski definition) is 2. The van der Waals surface area contributed by atoms with Crippen LogP contribution < -0.4 is 5.32 Å². The molecule has 0 atom stereocenters. The second-order valence-electron chi connectivity index (χ2n) is 4.79. The Balaban J connectivity index is 1.83. The van der Waals surface area contributed by atoms with Gasteiger partial charge in [-0.05, 0) is 23.3 Å². The maximum Gasteiger partial charge on any atom is 0.229 e. The number of fused-ring (bicyclic) bond motifs is 1. The van der Waals surface area contributed by atoms with Gasteiger partial charge in [-0.1, -0.05) is 42.5 Å². The summed E-state index contributed by atoms with van der Waals surface area (Å²) >= 11 is 0. The molecule has 1 heterocycles. The molecule has 3 rings (SSSR count). The molecule has 0 aliphatic rings. The second-order valence-corrected chi connectivity index (χ2v) is 4.79. The van der Waals surface area contributed by atoms with Crippen LogP contribution in [0.1, 0.15) is 11.1 Å². The zero-order chi connectivity index (χ0) is 13.9. The zero-order valence-corrected chi connectivity index (χ0v) is 11.2. The Morgan fingerprint density at radius 3 is 2.80 bits per heavy atom. The number of carbonyl (C=O) groups is 1. The van der Waals surface area contributed by atoms with Crippen molar-refractivity contribution in [1.29, 1.82) is 0 Å². The van der Waals surface area contributed by atoms with Crippen LogP contribution in [0.4, 0.5) is 5.82 Å². The first kappa shape index (κ1) is 12.4. The van der Waals surface area contributed by atoms with Crippen LogP contribution in [-0.4, -0.2) is 16.1 Å². The van der Waals surface area contributed by atoms with Crippen molar-refractivity contribution in [2.45, 2.75) is 13.3 Å². The highest BCUT2D eigenvalue weighted by Gasteiger charge is 2.09. The van der Waals surface area contributed by atoms with Gasteiger partial charge in [-0.25, -0.2) is 0 Å². The van der Waals surface area contributed by atoms with Gasteiger partial charge in [0.1, 0.15) is 5.82 Å². The Morgan fingerprint density at radius 2 is 2.00 bits per heavy atom. The van der Waals surface area contributed by atoms with Crippen LogP contribution in [0.15, 0.2) is 48.7 Å². The average Bonchev–Trinajstić information content (AvgIpc) is 2.85. The van der Waals surface area contributed by atoms with E-state index in [2.05, 4.69) is 27.6 Å². The van der Waals surface area contributed by atoms with E-state index >= 15 is 0 Å². The van der Waals surface area contributed by atoms with Crippen molar-refractivity contribution in [2.24, 2.45) is 0 Å². The van der Waals surface area contributed by atoms with Crippen molar-refractivity contribution < 1.29 is 4.79 Å². The molecule has 0 saturated heterocycles. The number of H-pyrrole nitrogens is 1. The highest BCUT2D eigenvalue weighted by molar-refractivity contribution is 5.95. The van der Waals surface area contributed by atoms with Crippen molar-refractivity contribution in [1.82, 2.24) is 10.2 Å². The van der Waals surface area contributed by atoms with E-state index in [9.17, 15) is 4.79 Å². The highest BCUT2D eigenvalue weighted by Crippen LogP contribution is 2.19. The lowest BCUT2D eigenvalue weighted by Crippen LogP contribution is -2.15. The van der Waals surface area contributed by atoms with Gasteiger partial charge in [0.05, 0.1) is 12.6 Å². The van der Waals surface area contributed by atoms with Gasteiger partial charge in [0.2, 0.25) is 5.91 Å². The van der Waals surface area contributed by atoms with Crippen LogP contribution in [0.25, 0.3) is 10.8 Å². The lowest BCUT2D eigenvalue weighted by molar-refractivity contribution is -0.115. The first-order valence-corrected chi connectivity index (χ1v) is 6.50. The number of carbonyl (C=O) groups excluding carboxylic acids is 1. The van der Waals surface area contributed by atoms with Crippen molar-refractivity contribution in [3.05, 3.63) is 59.8 Å². The number of benzene rings is 2. The summed E-state index contributed by atoms with van der Waals surface area (Å²) in [7, 11) is 0. The number of aromatic nitrogens is 2. The quantitative estimate of drug-likeness (QED) is 0.764. The minimum absolute atomic E-state index is 0.0475. The molecule has 0 radical (unpaired) electrons. The largest absolute Gasteiger partial charge is 0.311 e. The number of hydrogen-bond donors (Lipinski definition) is 2. The number of nitrogens with zero attached hydrogens (tertiary/aromatic N) is 1. The first-order valence-electron chi connectivity index (χ1n) is 6.50. The van der Waals surface area contributed by atoms with Crippen LogP contribution in [0.2, 0.25) is 0 Å².